The van der Waals surface area contributed by atoms with Crippen LogP contribution in [0.2, 0.25) is 0 Å². The van der Waals surface area contributed by atoms with Crippen LogP contribution in [-0.4, -0.2) is 31.7 Å². The average molecular weight is 409 g/mol. The molecule has 21 heavy (non-hydrogen) atoms. The molecule has 122 valence electrons. The highest BCUT2D eigenvalue weighted by molar-refractivity contribution is 14.1. The normalized spacial score (nSPS) is 20.7. The van der Waals surface area contributed by atoms with Gasteiger partial charge < -0.3 is 10.1 Å². The molecule has 6 heteroatoms. The number of carbonyl (C=O) groups is 1. The number of halogens is 1. The first-order valence-electron chi connectivity index (χ1n) is 7.60. The summed E-state index contributed by atoms with van der Waals surface area (Å²) >= 11 is 2.33. The highest BCUT2D eigenvalue weighted by atomic mass is 127. The third-order valence-corrected chi connectivity index (χ3v) is 4.71. The van der Waals surface area contributed by atoms with Crippen molar-refractivity contribution in [1.29, 1.82) is 0 Å². The molecule has 0 aromatic rings. The fraction of sp³-hybridized carbons (Fsp3) is 0.800. The molecule has 1 rings (SSSR count). The van der Waals surface area contributed by atoms with Crippen LogP contribution in [-0.2, 0) is 9.53 Å². The van der Waals surface area contributed by atoms with Crippen molar-refractivity contribution in [3.05, 3.63) is 9.28 Å². The molecule has 1 heterocycles. The van der Waals surface area contributed by atoms with Gasteiger partial charge >= 0.3 is 5.97 Å². The lowest BCUT2D eigenvalue weighted by Gasteiger charge is -2.28. The molecule has 0 spiro atoms. The summed E-state index contributed by atoms with van der Waals surface area (Å²) in [5, 5.41) is 3.32. The summed E-state index contributed by atoms with van der Waals surface area (Å²) in [6.45, 7) is 10.7. The van der Waals surface area contributed by atoms with E-state index in [0.29, 0.717) is 6.61 Å². The number of hydrazine groups is 1. The van der Waals surface area contributed by atoms with E-state index in [2.05, 4.69) is 66.5 Å². The lowest BCUT2D eigenvalue weighted by molar-refractivity contribution is -0.150. The van der Waals surface area contributed by atoms with Gasteiger partial charge in [0.1, 0.15) is 6.04 Å². The number of rotatable bonds is 7. The van der Waals surface area contributed by atoms with Crippen LogP contribution in [0.15, 0.2) is 9.28 Å². The summed E-state index contributed by atoms with van der Waals surface area (Å²) < 4.78 is 6.69. The van der Waals surface area contributed by atoms with Gasteiger partial charge in [-0.15, -0.1) is 0 Å². The lowest BCUT2D eigenvalue weighted by Crippen LogP contribution is -2.50. The summed E-state index contributed by atoms with van der Waals surface area (Å²) in [6, 6.07) is -0.215. The van der Waals surface area contributed by atoms with E-state index >= 15 is 0 Å². The van der Waals surface area contributed by atoms with E-state index < -0.39 is 0 Å². The van der Waals surface area contributed by atoms with Crippen molar-refractivity contribution in [2.45, 2.75) is 53.0 Å². The molecule has 1 fully saturated rings. The predicted molar refractivity (Wildman–Crippen MR) is 93.9 cm³/mol. The zero-order valence-electron chi connectivity index (χ0n) is 13.5. The van der Waals surface area contributed by atoms with Gasteiger partial charge in [-0.05, 0) is 61.3 Å². The first-order chi connectivity index (χ1) is 9.85. The van der Waals surface area contributed by atoms with Gasteiger partial charge in [0.15, 0.2) is 0 Å². The topological polar surface area (TPSA) is 62.4 Å². The van der Waals surface area contributed by atoms with Crippen LogP contribution in [0, 0.1) is 5.41 Å². The van der Waals surface area contributed by atoms with Crippen molar-refractivity contribution < 1.29 is 9.53 Å². The van der Waals surface area contributed by atoms with E-state index in [9.17, 15) is 4.79 Å². The first kappa shape index (κ1) is 18.7. The van der Waals surface area contributed by atoms with E-state index in [4.69, 9.17) is 4.74 Å². The van der Waals surface area contributed by atoms with E-state index in [1.807, 2.05) is 0 Å². The first-order valence-corrected chi connectivity index (χ1v) is 8.68. The van der Waals surface area contributed by atoms with Crippen LogP contribution in [0.5, 0.6) is 0 Å². The molecule has 1 saturated heterocycles. The minimum absolute atomic E-state index is 0.0618. The molecule has 0 aromatic carbocycles. The van der Waals surface area contributed by atoms with Gasteiger partial charge in [0.25, 0.3) is 0 Å². The van der Waals surface area contributed by atoms with Crippen LogP contribution < -0.4 is 16.2 Å². The van der Waals surface area contributed by atoms with Crippen LogP contribution in [0.4, 0.5) is 0 Å². The standard InChI is InChI=1S/C15H28IN3O2/c1-5-17-13(16)11(2)9-15(3,4)10-21-14(20)12-7-6-8-18-19-12/h12,17-19H,5-10H2,1-4H3/b13-11+/t12-/m0/s1. The van der Waals surface area contributed by atoms with E-state index in [-0.39, 0.29) is 17.4 Å². The summed E-state index contributed by atoms with van der Waals surface area (Å²) in [6.07, 6.45) is 2.74. The fourth-order valence-electron chi connectivity index (χ4n) is 2.36. The fourth-order valence-corrected chi connectivity index (χ4v) is 2.93. The molecule has 0 unspecified atom stereocenters. The van der Waals surface area contributed by atoms with Crippen LogP contribution in [0.1, 0.15) is 47.0 Å². The molecule has 1 atom stereocenters. The highest BCUT2D eigenvalue weighted by Crippen LogP contribution is 2.28. The molecule has 1 aliphatic heterocycles. The third-order valence-electron chi connectivity index (χ3n) is 3.41. The summed E-state index contributed by atoms with van der Waals surface area (Å²) in [7, 11) is 0. The van der Waals surface area contributed by atoms with Crippen molar-refractivity contribution in [3.63, 3.8) is 0 Å². The maximum absolute atomic E-state index is 12.0. The minimum Gasteiger partial charge on any atom is -0.464 e. The zero-order chi connectivity index (χ0) is 15.9. The monoisotopic (exact) mass is 409 g/mol. The average Bonchev–Trinajstić information content (AvgIpc) is 2.45. The molecule has 5 nitrogen and oxygen atoms in total. The number of carbonyl (C=O) groups excluding carboxylic acids is 1. The number of allylic oxidation sites excluding steroid dienone is 1. The molecule has 0 saturated carbocycles. The maximum atomic E-state index is 12.0. The predicted octanol–water partition coefficient (Wildman–Crippen LogP) is 2.48. The van der Waals surface area contributed by atoms with Crippen molar-refractivity contribution >= 4 is 28.6 Å². The molecule has 3 N–H and O–H groups in total. The quantitative estimate of drug-likeness (QED) is 0.343. The molecular weight excluding hydrogens is 381 g/mol. The number of nitrogens with one attached hydrogen (secondary N) is 3. The molecule has 0 radical (unpaired) electrons. The molecule has 0 aliphatic carbocycles. The lowest BCUT2D eigenvalue weighted by atomic mass is 9.87. The van der Waals surface area contributed by atoms with Gasteiger partial charge in [0.05, 0.1) is 10.3 Å². The van der Waals surface area contributed by atoms with Crippen molar-refractivity contribution in [2.24, 2.45) is 5.41 Å². The second-order valence-electron chi connectivity index (χ2n) is 6.34. The second-order valence-corrected chi connectivity index (χ2v) is 7.42. The Morgan fingerprint density at radius 3 is 2.76 bits per heavy atom. The molecule has 0 amide bonds. The van der Waals surface area contributed by atoms with Gasteiger partial charge in [-0.1, -0.05) is 13.8 Å². The van der Waals surface area contributed by atoms with Gasteiger partial charge in [-0.2, -0.15) is 0 Å². The summed E-state index contributed by atoms with van der Waals surface area (Å²) in [4.78, 5) is 12.0. The van der Waals surface area contributed by atoms with Crippen LogP contribution in [0.3, 0.4) is 0 Å². The number of hydrogen-bond donors (Lipinski definition) is 3. The summed E-state index contributed by atoms with van der Waals surface area (Å²) in [5.41, 5.74) is 7.23. The molecule has 0 bridgehead atoms. The van der Waals surface area contributed by atoms with Gasteiger partial charge in [-0.3, -0.25) is 10.2 Å². The number of ether oxygens (including phenoxy) is 1. The second kappa shape index (κ2) is 8.95. The molecular formula is C15H28IN3O2. The van der Waals surface area contributed by atoms with E-state index in [1.165, 1.54) is 9.28 Å². The Hall–Kier alpha value is -0.340. The van der Waals surface area contributed by atoms with Crippen LogP contribution in [0.25, 0.3) is 0 Å². The smallest absolute Gasteiger partial charge is 0.324 e. The Bertz CT molecular complexity index is 377. The Labute approximate surface area is 141 Å². The Morgan fingerprint density at radius 1 is 1.48 bits per heavy atom. The Kier molecular flexibility index (Phi) is 7.97. The Balaban J connectivity index is 2.44. The Morgan fingerprint density at radius 2 is 2.19 bits per heavy atom. The third kappa shape index (κ3) is 6.97. The van der Waals surface area contributed by atoms with E-state index in [0.717, 1.165) is 32.4 Å². The SMILES string of the molecule is CCN/C(I)=C(\C)CC(C)(C)COC(=O)[C@@H]1CCCNN1. The number of esters is 1. The molecule has 1 aliphatic rings. The zero-order valence-corrected chi connectivity index (χ0v) is 15.7. The van der Waals surface area contributed by atoms with Crippen LogP contribution >= 0.6 is 22.6 Å². The minimum atomic E-state index is -0.215. The van der Waals surface area contributed by atoms with Gasteiger partial charge in [0.2, 0.25) is 0 Å². The van der Waals surface area contributed by atoms with Crippen molar-refractivity contribution in [1.82, 2.24) is 16.2 Å². The van der Waals surface area contributed by atoms with Crippen molar-refractivity contribution in [2.75, 3.05) is 19.7 Å². The molecule has 0 aromatic heterocycles. The van der Waals surface area contributed by atoms with E-state index in [1.54, 1.807) is 0 Å². The summed E-state index contributed by atoms with van der Waals surface area (Å²) in [5.74, 6) is -0.154. The van der Waals surface area contributed by atoms with Crippen molar-refractivity contribution in [3.8, 4) is 0 Å². The number of hydrogen-bond acceptors (Lipinski definition) is 5. The maximum Gasteiger partial charge on any atom is 0.324 e. The van der Waals surface area contributed by atoms with Gasteiger partial charge in [-0.25, -0.2) is 5.43 Å². The highest BCUT2D eigenvalue weighted by Gasteiger charge is 2.26. The van der Waals surface area contributed by atoms with Gasteiger partial charge in [0, 0.05) is 18.5 Å². The largest absolute Gasteiger partial charge is 0.464 e.